The van der Waals surface area contributed by atoms with E-state index < -0.39 is 23.2 Å². The maximum atomic E-state index is 11.7. The Balaban J connectivity index is 2.50. The van der Waals surface area contributed by atoms with Crippen molar-refractivity contribution in [3.05, 3.63) is 17.7 Å². The second-order valence-electron chi connectivity index (χ2n) is 4.56. The largest absolute Gasteiger partial charge is 0.504 e. The zero-order valence-corrected chi connectivity index (χ0v) is 11.3. The van der Waals surface area contributed by atoms with Crippen molar-refractivity contribution in [2.75, 3.05) is 13.1 Å². The van der Waals surface area contributed by atoms with Gasteiger partial charge in [0.1, 0.15) is 0 Å². The van der Waals surface area contributed by atoms with Gasteiger partial charge in [0, 0.05) is 24.6 Å². The number of hydrogen-bond acceptors (Lipinski definition) is 5. The highest BCUT2D eigenvalue weighted by Gasteiger charge is 2.13. The van der Waals surface area contributed by atoms with Crippen LogP contribution in [0.2, 0.25) is 0 Å². The van der Waals surface area contributed by atoms with Gasteiger partial charge in [0.05, 0.1) is 0 Å². The summed E-state index contributed by atoms with van der Waals surface area (Å²) in [5.41, 5.74) is 0.00739. The van der Waals surface area contributed by atoms with Gasteiger partial charge in [0.2, 0.25) is 5.91 Å². The minimum atomic E-state index is -0.675. The van der Waals surface area contributed by atoms with Gasteiger partial charge in [0.25, 0.3) is 5.91 Å². The average molecular weight is 282 g/mol. The van der Waals surface area contributed by atoms with E-state index in [1.54, 1.807) is 13.8 Å². The summed E-state index contributed by atoms with van der Waals surface area (Å²) < 4.78 is 0. The quantitative estimate of drug-likeness (QED) is 0.393. The van der Waals surface area contributed by atoms with E-state index in [1.807, 2.05) is 0 Å². The molecule has 0 aromatic heterocycles. The molecular weight excluding hydrogens is 264 g/mol. The predicted octanol–water partition coefficient (Wildman–Crippen LogP) is 0.305. The van der Waals surface area contributed by atoms with Crippen LogP contribution in [0.15, 0.2) is 12.1 Å². The van der Waals surface area contributed by atoms with Crippen LogP contribution in [0.4, 0.5) is 0 Å². The lowest BCUT2D eigenvalue weighted by Crippen LogP contribution is -2.36. The monoisotopic (exact) mass is 282 g/mol. The number of benzene rings is 1. The lowest BCUT2D eigenvalue weighted by atomic mass is 10.1. The maximum absolute atomic E-state index is 11.7. The minimum absolute atomic E-state index is 0.00739. The van der Waals surface area contributed by atoms with Gasteiger partial charge in [-0.05, 0) is 12.1 Å². The van der Waals surface area contributed by atoms with E-state index in [4.69, 9.17) is 5.11 Å². The molecule has 0 fully saturated rings. The number of hydrogen-bond donors (Lipinski definition) is 5. The summed E-state index contributed by atoms with van der Waals surface area (Å²) in [6, 6.07) is 2.08. The molecule has 1 aromatic rings. The van der Waals surface area contributed by atoms with E-state index in [-0.39, 0.29) is 30.5 Å². The van der Waals surface area contributed by atoms with Crippen molar-refractivity contribution in [1.29, 1.82) is 0 Å². The Bertz CT molecular complexity index is 490. The molecule has 0 spiro atoms. The van der Waals surface area contributed by atoms with E-state index >= 15 is 0 Å². The number of carbonyl (C=O) groups excluding carboxylic acids is 2. The molecule has 20 heavy (non-hydrogen) atoms. The first-order chi connectivity index (χ1) is 9.32. The first kappa shape index (κ1) is 15.6. The summed E-state index contributed by atoms with van der Waals surface area (Å²) in [6.07, 6.45) is 0. The van der Waals surface area contributed by atoms with Crippen LogP contribution in [0.1, 0.15) is 24.2 Å². The lowest BCUT2D eigenvalue weighted by Gasteiger charge is -2.09. The SMILES string of the molecule is CC(C)C(=O)NCCNC(=O)c1cc(O)c(O)c(O)c1. The summed E-state index contributed by atoms with van der Waals surface area (Å²) in [5, 5.41) is 32.9. The van der Waals surface area contributed by atoms with Crippen LogP contribution in [0, 0.1) is 5.92 Å². The molecule has 1 aromatic carbocycles. The standard InChI is InChI=1S/C13H18N2O5/c1-7(2)12(19)14-3-4-15-13(20)8-5-9(16)11(18)10(17)6-8/h5-7,16-18H,3-4H2,1-2H3,(H,14,19)(H,15,20). The van der Waals surface area contributed by atoms with Crippen molar-refractivity contribution in [3.8, 4) is 17.2 Å². The molecule has 0 saturated carbocycles. The maximum Gasteiger partial charge on any atom is 0.251 e. The molecule has 0 unspecified atom stereocenters. The molecule has 1 rings (SSSR count). The molecule has 0 aliphatic heterocycles. The van der Waals surface area contributed by atoms with Crippen molar-refractivity contribution in [2.45, 2.75) is 13.8 Å². The van der Waals surface area contributed by atoms with E-state index in [2.05, 4.69) is 10.6 Å². The van der Waals surface area contributed by atoms with Crippen molar-refractivity contribution in [1.82, 2.24) is 10.6 Å². The molecule has 0 aliphatic rings. The van der Waals surface area contributed by atoms with Crippen LogP contribution in [0.3, 0.4) is 0 Å². The number of carbonyl (C=O) groups is 2. The fraction of sp³-hybridized carbons (Fsp3) is 0.385. The van der Waals surface area contributed by atoms with E-state index in [0.717, 1.165) is 12.1 Å². The van der Waals surface area contributed by atoms with Gasteiger partial charge in [-0.3, -0.25) is 9.59 Å². The predicted molar refractivity (Wildman–Crippen MR) is 71.6 cm³/mol. The highest BCUT2D eigenvalue weighted by Crippen LogP contribution is 2.35. The van der Waals surface area contributed by atoms with Gasteiger partial charge in [0.15, 0.2) is 17.2 Å². The van der Waals surface area contributed by atoms with Crippen LogP contribution >= 0.6 is 0 Å². The average Bonchev–Trinajstić information content (AvgIpc) is 2.39. The highest BCUT2D eigenvalue weighted by molar-refractivity contribution is 5.95. The van der Waals surface area contributed by atoms with E-state index in [0.29, 0.717) is 0 Å². The van der Waals surface area contributed by atoms with Crippen LogP contribution < -0.4 is 10.6 Å². The molecule has 0 saturated heterocycles. The molecule has 0 atom stereocenters. The second-order valence-corrected chi connectivity index (χ2v) is 4.56. The number of nitrogens with one attached hydrogen (secondary N) is 2. The minimum Gasteiger partial charge on any atom is -0.504 e. The Morgan fingerprint density at radius 3 is 2.05 bits per heavy atom. The first-order valence-corrected chi connectivity index (χ1v) is 6.13. The number of phenolic OH excluding ortho intramolecular Hbond substituents is 3. The molecule has 0 heterocycles. The van der Waals surface area contributed by atoms with Gasteiger partial charge < -0.3 is 26.0 Å². The molecule has 0 aliphatic carbocycles. The molecule has 2 amide bonds. The fourth-order valence-corrected chi connectivity index (χ4v) is 1.40. The summed E-state index contributed by atoms with van der Waals surface area (Å²) in [6.45, 7) is 4.00. The number of phenols is 3. The molecule has 110 valence electrons. The first-order valence-electron chi connectivity index (χ1n) is 6.13. The summed E-state index contributed by atoms with van der Waals surface area (Å²) >= 11 is 0. The normalized spacial score (nSPS) is 10.3. The molecule has 7 heteroatoms. The Kier molecular flexibility index (Phi) is 5.19. The van der Waals surface area contributed by atoms with Gasteiger partial charge in [-0.2, -0.15) is 0 Å². The van der Waals surface area contributed by atoms with Crippen LogP contribution in [-0.2, 0) is 4.79 Å². The fourth-order valence-electron chi connectivity index (χ4n) is 1.40. The van der Waals surface area contributed by atoms with Crippen LogP contribution in [-0.4, -0.2) is 40.2 Å². The Morgan fingerprint density at radius 1 is 1.05 bits per heavy atom. The lowest BCUT2D eigenvalue weighted by molar-refractivity contribution is -0.123. The van der Waals surface area contributed by atoms with Gasteiger partial charge in [-0.1, -0.05) is 13.8 Å². The van der Waals surface area contributed by atoms with Crippen molar-refractivity contribution in [3.63, 3.8) is 0 Å². The van der Waals surface area contributed by atoms with E-state index in [1.165, 1.54) is 0 Å². The third-order valence-electron chi connectivity index (χ3n) is 2.57. The van der Waals surface area contributed by atoms with Gasteiger partial charge in [-0.25, -0.2) is 0 Å². The molecule has 7 nitrogen and oxygen atoms in total. The topological polar surface area (TPSA) is 119 Å². The van der Waals surface area contributed by atoms with Crippen molar-refractivity contribution < 1.29 is 24.9 Å². The van der Waals surface area contributed by atoms with Crippen LogP contribution in [0.25, 0.3) is 0 Å². The van der Waals surface area contributed by atoms with Gasteiger partial charge >= 0.3 is 0 Å². The second kappa shape index (κ2) is 6.65. The van der Waals surface area contributed by atoms with Gasteiger partial charge in [-0.15, -0.1) is 0 Å². The smallest absolute Gasteiger partial charge is 0.251 e. The highest BCUT2D eigenvalue weighted by atomic mass is 16.3. The number of aromatic hydroxyl groups is 3. The zero-order valence-electron chi connectivity index (χ0n) is 11.3. The summed E-state index contributed by atoms with van der Waals surface area (Å²) in [5.74, 6) is -2.61. The third kappa shape index (κ3) is 4.04. The Labute approximate surface area is 116 Å². The Hall–Kier alpha value is -2.44. The third-order valence-corrected chi connectivity index (χ3v) is 2.57. The molecular formula is C13H18N2O5. The zero-order chi connectivity index (χ0) is 15.3. The van der Waals surface area contributed by atoms with Crippen LogP contribution in [0.5, 0.6) is 17.2 Å². The van der Waals surface area contributed by atoms with Crippen molar-refractivity contribution >= 4 is 11.8 Å². The number of rotatable bonds is 5. The van der Waals surface area contributed by atoms with E-state index in [9.17, 15) is 19.8 Å². The number of amides is 2. The Morgan fingerprint density at radius 2 is 1.55 bits per heavy atom. The summed E-state index contributed by atoms with van der Waals surface area (Å²) in [4.78, 5) is 23.0. The van der Waals surface area contributed by atoms with Crippen molar-refractivity contribution in [2.24, 2.45) is 5.92 Å². The molecule has 5 N–H and O–H groups in total. The molecule has 0 bridgehead atoms. The molecule has 0 radical (unpaired) electrons. The summed E-state index contributed by atoms with van der Waals surface area (Å²) in [7, 11) is 0.